The largest absolute Gasteiger partial charge is 0.486 e. The van der Waals surface area contributed by atoms with Crippen LogP contribution in [0.25, 0.3) is 0 Å². The van der Waals surface area contributed by atoms with Gasteiger partial charge in [0.25, 0.3) is 0 Å². The molecule has 1 aromatic rings. The van der Waals surface area contributed by atoms with E-state index in [1.807, 2.05) is 0 Å². The molecule has 126 valence electrons. The van der Waals surface area contributed by atoms with Gasteiger partial charge in [0.1, 0.15) is 13.2 Å². The molecular formula is C15H20N2O5S. The number of nitrogens with one attached hydrogen (secondary N) is 1. The molecule has 2 heterocycles. The van der Waals surface area contributed by atoms with Gasteiger partial charge in [-0.2, -0.15) is 0 Å². The highest BCUT2D eigenvalue weighted by Gasteiger charge is 2.21. The number of benzene rings is 1. The minimum atomic E-state index is -3.59. The highest BCUT2D eigenvalue weighted by molar-refractivity contribution is 7.89. The normalized spacial score (nSPS) is 17.6. The van der Waals surface area contributed by atoms with Crippen molar-refractivity contribution in [2.24, 2.45) is 0 Å². The van der Waals surface area contributed by atoms with Crippen LogP contribution in [-0.4, -0.2) is 52.1 Å². The van der Waals surface area contributed by atoms with E-state index in [-0.39, 0.29) is 10.8 Å². The smallest absolute Gasteiger partial charge is 0.240 e. The second-order valence-corrected chi connectivity index (χ2v) is 7.31. The highest BCUT2D eigenvalue weighted by Crippen LogP contribution is 2.32. The van der Waals surface area contributed by atoms with Crippen LogP contribution in [0.15, 0.2) is 23.1 Å². The molecule has 0 radical (unpaired) electrons. The molecule has 7 nitrogen and oxygen atoms in total. The maximum Gasteiger partial charge on any atom is 0.240 e. The number of sulfonamides is 1. The van der Waals surface area contributed by atoms with Crippen LogP contribution in [0.5, 0.6) is 11.5 Å². The minimum Gasteiger partial charge on any atom is -0.486 e. The van der Waals surface area contributed by atoms with E-state index >= 15 is 0 Å². The van der Waals surface area contributed by atoms with Gasteiger partial charge in [-0.1, -0.05) is 0 Å². The summed E-state index contributed by atoms with van der Waals surface area (Å²) in [6, 6.07) is 4.58. The standard InChI is InChI=1S/C15H20N2O5S/c18-15-3-1-7-17(15)8-2-6-16-23(19,20)12-4-5-13-14(11-12)22-10-9-21-13/h4-5,11,16H,1-3,6-10H2. The van der Waals surface area contributed by atoms with Gasteiger partial charge in [-0.05, 0) is 25.0 Å². The van der Waals surface area contributed by atoms with Crippen LogP contribution < -0.4 is 14.2 Å². The summed E-state index contributed by atoms with van der Waals surface area (Å²) >= 11 is 0. The summed E-state index contributed by atoms with van der Waals surface area (Å²) in [5.41, 5.74) is 0. The van der Waals surface area contributed by atoms with E-state index in [2.05, 4.69) is 4.72 Å². The summed E-state index contributed by atoms with van der Waals surface area (Å²) in [5, 5.41) is 0. The quantitative estimate of drug-likeness (QED) is 0.773. The fraction of sp³-hybridized carbons (Fsp3) is 0.533. The molecule has 23 heavy (non-hydrogen) atoms. The predicted molar refractivity (Wildman–Crippen MR) is 83.1 cm³/mol. The molecule has 2 aliphatic rings. The number of carbonyl (C=O) groups excluding carboxylic acids is 1. The summed E-state index contributed by atoms with van der Waals surface area (Å²) in [4.78, 5) is 13.4. The third-order valence-corrected chi connectivity index (χ3v) is 5.35. The topological polar surface area (TPSA) is 84.9 Å². The van der Waals surface area contributed by atoms with E-state index < -0.39 is 10.0 Å². The Kier molecular flexibility index (Phi) is 4.72. The van der Waals surface area contributed by atoms with Crippen LogP contribution in [0.1, 0.15) is 19.3 Å². The number of fused-ring (bicyclic) bond motifs is 1. The summed E-state index contributed by atoms with van der Waals surface area (Å²) in [6.45, 7) is 2.52. The lowest BCUT2D eigenvalue weighted by molar-refractivity contribution is -0.127. The van der Waals surface area contributed by atoms with Crippen LogP contribution in [-0.2, 0) is 14.8 Å². The van der Waals surface area contributed by atoms with E-state index in [9.17, 15) is 13.2 Å². The zero-order valence-electron chi connectivity index (χ0n) is 12.8. The first-order valence-corrected chi connectivity index (χ1v) is 9.22. The molecule has 0 spiro atoms. The molecule has 1 fully saturated rings. The lowest BCUT2D eigenvalue weighted by Gasteiger charge is -2.19. The minimum absolute atomic E-state index is 0.152. The number of rotatable bonds is 6. The molecule has 1 saturated heterocycles. The zero-order chi connectivity index (χ0) is 16.3. The van der Waals surface area contributed by atoms with Gasteiger partial charge in [0.15, 0.2) is 11.5 Å². The number of ether oxygens (including phenoxy) is 2. The summed E-state index contributed by atoms with van der Waals surface area (Å²) < 4.78 is 37.9. The monoisotopic (exact) mass is 340 g/mol. The molecule has 8 heteroatoms. The molecule has 1 amide bonds. The van der Waals surface area contributed by atoms with Gasteiger partial charge in [-0.15, -0.1) is 0 Å². The van der Waals surface area contributed by atoms with Crippen molar-refractivity contribution in [3.63, 3.8) is 0 Å². The van der Waals surface area contributed by atoms with Crippen molar-refractivity contribution < 1.29 is 22.7 Å². The third-order valence-electron chi connectivity index (χ3n) is 3.89. The van der Waals surface area contributed by atoms with Gasteiger partial charge in [0.2, 0.25) is 15.9 Å². The summed E-state index contributed by atoms with van der Waals surface area (Å²) in [5.74, 6) is 1.16. The number of nitrogens with zero attached hydrogens (tertiary/aromatic N) is 1. The number of amides is 1. The Hall–Kier alpha value is -1.80. The lowest BCUT2D eigenvalue weighted by Crippen LogP contribution is -2.30. The molecule has 3 rings (SSSR count). The van der Waals surface area contributed by atoms with Crippen molar-refractivity contribution >= 4 is 15.9 Å². The fourth-order valence-electron chi connectivity index (χ4n) is 2.69. The van der Waals surface area contributed by atoms with Crippen molar-refractivity contribution in [3.8, 4) is 11.5 Å². The number of hydrogen-bond acceptors (Lipinski definition) is 5. The molecule has 0 bridgehead atoms. The first-order valence-electron chi connectivity index (χ1n) is 7.73. The molecule has 0 aromatic heterocycles. The molecule has 0 aliphatic carbocycles. The van der Waals surface area contributed by atoms with Crippen molar-refractivity contribution in [2.75, 3.05) is 32.8 Å². The molecule has 0 saturated carbocycles. The van der Waals surface area contributed by atoms with E-state index in [0.29, 0.717) is 50.6 Å². The second kappa shape index (κ2) is 6.76. The average molecular weight is 340 g/mol. The van der Waals surface area contributed by atoms with Gasteiger partial charge >= 0.3 is 0 Å². The molecule has 0 unspecified atom stereocenters. The van der Waals surface area contributed by atoms with E-state index in [4.69, 9.17) is 9.47 Å². The summed E-state index contributed by atoms with van der Waals surface area (Å²) in [7, 11) is -3.59. The van der Waals surface area contributed by atoms with E-state index in [0.717, 1.165) is 13.0 Å². The van der Waals surface area contributed by atoms with Crippen molar-refractivity contribution in [1.82, 2.24) is 9.62 Å². The second-order valence-electron chi connectivity index (χ2n) is 5.54. The number of carbonyl (C=O) groups is 1. The third kappa shape index (κ3) is 3.76. The molecule has 2 aliphatic heterocycles. The van der Waals surface area contributed by atoms with Crippen LogP contribution >= 0.6 is 0 Å². The Balaban J connectivity index is 1.55. The Morgan fingerprint density at radius 2 is 1.96 bits per heavy atom. The van der Waals surface area contributed by atoms with Gasteiger partial charge in [-0.3, -0.25) is 4.79 Å². The first-order chi connectivity index (χ1) is 11.1. The van der Waals surface area contributed by atoms with Crippen molar-refractivity contribution in [3.05, 3.63) is 18.2 Å². The van der Waals surface area contributed by atoms with Gasteiger partial charge in [-0.25, -0.2) is 13.1 Å². The van der Waals surface area contributed by atoms with Crippen molar-refractivity contribution in [1.29, 1.82) is 0 Å². The van der Waals surface area contributed by atoms with Crippen LogP contribution in [0.3, 0.4) is 0 Å². The van der Waals surface area contributed by atoms with E-state index in [1.165, 1.54) is 12.1 Å². The fourth-order valence-corrected chi connectivity index (χ4v) is 3.78. The van der Waals surface area contributed by atoms with Crippen molar-refractivity contribution in [2.45, 2.75) is 24.2 Å². The highest BCUT2D eigenvalue weighted by atomic mass is 32.2. The SMILES string of the molecule is O=C1CCCN1CCCNS(=O)(=O)c1ccc2c(c1)OCCO2. The molecule has 0 atom stereocenters. The number of hydrogen-bond donors (Lipinski definition) is 1. The van der Waals surface area contributed by atoms with Crippen LogP contribution in [0.4, 0.5) is 0 Å². The zero-order valence-corrected chi connectivity index (χ0v) is 13.6. The first kappa shape index (κ1) is 16.1. The predicted octanol–water partition coefficient (Wildman–Crippen LogP) is 0.749. The van der Waals surface area contributed by atoms with Crippen LogP contribution in [0, 0.1) is 0 Å². The van der Waals surface area contributed by atoms with Gasteiger partial charge < -0.3 is 14.4 Å². The molecule has 1 aromatic carbocycles. The molecule has 1 N–H and O–H groups in total. The van der Waals surface area contributed by atoms with E-state index in [1.54, 1.807) is 11.0 Å². The maximum atomic E-state index is 12.3. The van der Waals surface area contributed by atoms with Gasteiger partial charge in [0.05, 0.1) is 4.90 Å². The van der Waals surface area contributed by atoms with Gasteiger partial charge in [0, 0.05) is 32.1 Å². The lowest BCUT2D eigenvalue weighted by atomic mass is 10.3. The molecular weight excluding hydrogens is 320 g/mol. The summed E-state index contributed by atoms with van der Waals surface area (Å²) in [6.07, 6.45) is 2.08. The van der Waals surface area contributed by atoms with Crippen LogP contribution in [0.2, 0.25) is 0 Å². The Labute approximate surface area is 135 Å². The average Bonchev–Trinajstić information content (AvgIpc) is 2.96. The Bertz CT molecular complexity index is 689. The maximum absolute atomic E-state index is 12.3. The Morgan fingerprint density at radius 1 is 1.17 bits per heavy atom. The number of likely N-dealkylation sites (tertiary alicyclic amines) is 1. The Morgan fingerprint density at radius 3 is 2.70 bits per heavy atom.